The van der Waals surface area contributed by atoms with Gasteiger partial charge in [-0.25, -0.2) is 15.0 Å². The van der Waals surface area contributed by atoms with E-state index in [2.05, 4.69) is 81.9 Å². The van der Waals surface area contributed by atoms with Gasteiger partial charge in [0, 0.05) is 31.6 Å². The SMILES string of the molecule is CN(C)C=Nc1ncnc2c1c(C#CCNC(=O)C(F)(F)F)cn2C1CC(OCN=[N+]=[N-])C(CO[Si](c2ccccc2)(c2ccccc2)C(C)(C)C)O1. The Balaban J connectivity index is 1.53. The van der Waals surface area contributed by atoms with E-state index in [0.29, 0.717) is 23.0 Å². The maximum Gasteiger partial charge on any atom is 0.471 e. The number of hydrogen-bond donors (Lipinski definition) is 1. The fraction of sp³-hybridized carbons (Fsp3) is 0.389. The highest BCUT2D eigenvalue weighted by Gasteiger charge is 2.51. The number of hydrogen-bond acceptors (Lipinski definition) is 8. The molecule has 3 unspecified atom stereocenters. The third-order valence-corrected chi connectivity index (χ3v) is 13.6. The van der Waals surface area contributed by atoms with Crippen molar-refractivity contribution in [1.29, 1.82) is 0 Å². The second-order valence-corrected chi connectivity index (χ2v) is 17.7. The third-order valence-electron chi connectivity index (χ3n) is 8.60. The Bertz CT molecular complexity index is 1980. The highest BCUT2D eigenvalue weighted by atomic mass is 28.4. The molecule has 4 aromatic rings. The van der Waals surface area contributed by atoms with Gasteiger partial charge in [0.25, 0.3) is 8.32 Å². The molecule has 53 heavy (non-hydrogen) atoms. The lowest BCUT2D eigenvalue weighted by atomic mass is 10.2. The summed E-state index contributed by atoms with van der Waals surface area (Å²) in [6, 6.07) is 20.3. The van der Waals surface area contributed by atoms with Gasteiger partial charge in [-0.1, -0.05) is 98.4 Å². The lowest BCUT2D eigenvalue weighted by molar-refractivity contribution is -0.173. The highest BCUT2D eigenvalue weighted by Crippen LogP contribution is 2.40. The number of amides is 1. The van der Waals surface area contributed by atoms with Gasteiger partial charge in [-0.2, -0.15) is 13.2 Å². The normalized spacial score (nSPS) is 17.7. The van der Waals surface area contributed by atoms with Gasteiger partial charge in [-0.15, -0.1) is 0 Å². The number of aromatic nitrogens is 3. The summed E-state index contributed by atoms with van der Waals surface area (Å²) in [4.78, 5) is 29.2. The third kappa shape index (κ3) is 8.87. The maximum atomic E-state index is 12.7. The monoisotopic (exact) mass is 747 g/mol. The lowest BCUT2D eigenvalue weighted by Crippen LogP contribution is -2.67. The molecule has 0 spiro atoms. The van der Waals surface area contributed by atoms with Crippen LogP contribution in [0.3, 0.4) is 0 Å². The summed E-state index contributed by atoms with van der Waals surface area (Å²) in [5.74, 6) is 3.61. The molecular weight excluding hydrogens is 708 g/mol. The molecule has 2 aromatic heterocycles. The standard InChI is InChI=1S/C36H40F3N9O4Si/c1-35(2,3)53(26-14-8-6-9-15-26,27-16-10-7-11-17-27)51-21-29-28(50-24-45-46-40)19-30(52-29)48-20-25(13-12-18-41-34(49)36(37,38)39)31-32(44-23-47(4)5)42-22-43-33(31)48/h6-11,14-17,20,22-23,28-30H,18-19,21,24H2,1-5H3,(H,41,49). The number of benzene rings is 2. The van der Waals surface area contributed by atoms with Crippen molar-refractivity contribution in [3.63, 3.8) is 0 Å². The molecule has 13 nitrogen and oxygen atoms in total. The van der Waals surface area contributed by atoms with Crippen LogP contribution in [0.5, 0.6) is 0 Å². The second-order valence-electron chi connectivity index (χ2n) is 13.4. The molecule has 0 bridgehead atoms. The quantitative estimate of drug-likeness (QED) is 0.0398. The molecule has 3 atom stereocenters. The first kappa shape index (κ1) is 39.0. The predicted molar refractivity (Wildman–Crippen MR) is 196 cm³/mol. The van der Waals surface area contributed by atoms with Crippen LogP contribution in [0.15, 0.2) is 83.3 Å². The Hall–Kier alpha value is -5.24. The summed E-state index contributed by atoms with van der Waals surface area (Å²) in [6.07, 6.45) is -2.05. The second kappa shape index (κ2) is 16.6. The largest absolute Gasteiger partial charge is 0.471 e. The summed E-state index contributed by atoms with van der Waals surface area (Å²) in [5.41, 5.74) is 9.74. The van der Waals surface area contributed by atoms with Crippen LogP contribution in [0.25, 0.3) is 21.5 Å². The molecule has 1 fully saturated rings. The van der Waals surface area contributed by atoms with E-state index in [1.807, 2.05) is 36.4 Å². The number of alkyl halides is 3. The van der Waals surface area contributed by atoms with Crippen LogP contribution >= 0.6 is 0 Å². The minimum atomic E-state index is -5.03. The topological polar surface area (TPSA) is 152 Å². The summed E-state index contributed by atoms with van der Waals surface area (Å²) in [5, 5.41) is 7.65. The van der Waals surface area contributed by atoms with Crippen molar-refractivity contribution in [2.24, 2.45) is 10.1 Å². The first-order chi connectivity index (χ1) is 25.3. The summed E-state index contributed by atoms with van der Waals surface area (Å²) >= 11 is 0. The van der Waals surface area contributed by atoms with Crippen LogP contribution < -0.4 is 15.7 Å². The number of nitrogens with one attached hydrogen (secondary N) is 1. The predicted octanol–water partition coefficient (Wildman–Crippen LogP) is 5.20. The van der Waals surface area contributed by atoms with Crippen LogP contribution in [0.4, 0.5) is 19.0 Å². The molecule has 278 valence electrons. The zero-order chi connectivity index (χ0) is 38.2. The van der Waals surface area contributed by atoms with Crippen molar-refractivity contribution < 1.29 is 31.9 Å². The van der Waals surface area contributed by atoms with E-state index >= 15 is 0 Å². The molecule has 2 aromatic carbocycles. The molecule has 1 N–H and O–H groups in total. The molecule has 17 heteroatoms. The number of halogens is 3. The average molecular weight is 748 g/mol. The molecule has 0 saturated carbocycles. The van der Waals surface area contributed by atoms with Gasteiger partial charge >= 0.3 is 12.1 Å². The number of aliphatic imine (C=N–C) groups is 1. The van der Waals surface area contributed by atoms with E-state index in [4.69, 9.17) is 19.4 Å². The van der Waals surface area contributed by atoms with Crippen molar-refractivity contribution in [3.8, 4) is 11.8 Å². The number of rotatable bonds is 12. The summed E-state index contributed by atoms with van der Waals surface area (Å²) in [7, 11) is 0.600. The van der Waals surface area contributed by atoms with E-state index in [-0.39, 0.29) is 24.2 Å². The number of carbonyl (C=O) groups is 1. The van der Waals surface area contributed by atoms with Gasteiger partial charge in [0.15, 0.2) is 5.82 Å². The molecule has 5 rings (SSSR count). The minimum absolute atomic E-state index is 0.142. The van der Waals surface area contributed by atoms with E-state index in [9.17, 15) is 18.0 Å². The molecular formula is C36H40F3N9O4Si. The number of carbonyl (C=O) groups excluding carboxylic acids is 1. The fourth-order valence-corrected chi connectivity index (χ4v) is 10.9. The Kier molecular flexibility index (Phi) is 12.2. The maximum absolute atomic E-state index is 12.7. The van der Waals surface area contributed by atoms with Crippen LogP contribution in [-0.4, -0.2) is 92.4 Å². The smallest absolute Gasteiger partial charge is 0.405 e. The minimum Gasteiger partial charge on any atom is -0.405 e. The van der Waals surface area contributed by atoms with Gasteiger partial charge in [-0.3, -0.25) is 4.79 Å². The first-order valence-electron chi connectivity index (χ1n) is 16.7. The van der Waals surface area contributed by atoms with Crippen LogP contribution in [-0.2, 0) is 18.7 Å². The highest BCUT2D eigenvalue weighted by molar-refractivity contribution is 6.99. The zero-order valence-corrected chi connectivity index (χ0v) is 30.9. The molecule has 0 aliphatic carbocycles. The van der Waals surface area contributed by atoms with Crippen molar-refractivity contribution in [1.82, 2.24) is 24.8 Å². The van der Waals surface area contributed by atoms with Crippen molar-refractivity contribution in [2.45, 2.75) is 56.8 Å². The van der Waals surface area contributed by atoms with Crippen molar-refractivity contribution in [2.75, 3.05) is 34.0 Å². The van der Waals surface area contributed by atoms with Crippen molar-refractivity contribution in [3.05, 3.63) is 89.2 Å². The molecule has 1 amide bonds. The molecule has 1 aliphatic rings. The van der Waals surface area contributed by atoms with E-state index in [1.54, 1.807) is 41.4 Å². The van der Waals surface area contributed by atoms with E-state index < -0.39 is 45.4 Å². The van der Waals surface area contributed by atoms with Crippen LogP contribution in [0.1, 0.15) is 39.0 Å². The first-order valence-corrected chi connectivity index (χ1v) is 18.6. The number of nitrogens with zero attached hydrogens (tertiary/aromatic N) is 8. The fourth-order valence-electron chi connectivity index (χ4n) is 6.34. The Morgan fingerprint density at radius 2 is 1.79 bits per heavy atom. The zero-order valence-electron chi connectivity index (χ0n) is 29.9. The number of fused-ring (bicyclic) bond motifs is 1. The average Bonchev–Trinajstić information content (AvgIpc) is 3.70. The van der Waals surface area contributed by atoms with E-state index in [1.165, 1.54) is 6.33 Å². The Morgan fingerprint density at radius 3 is 2.38 bits per heavy atom. The molecule has 0 radical (unpaired) electrons. The van der Waals surface area contributed by atoms with E-state index in [0.717, 1.165) is 10.4 Å². The van der Waals surface area contributed by atoms with Crippen LogP contribution in [0.2, 0.25) is 5.04 Å². The van der Waals surface area contributed by atoms with Gasteiger partial charge in [0.05, 0.1) is 36.5 Å². The van der Waals surface area contributed by atoms with Crippen LogP contribution in [0, 0.1) is 11.8 Å². The van der Waals surface area contributed by atoms with Crippen molar-refractivity contribution >= 4 is 47.8 Å². The van der Waals surface area contributed by atoms with Gasteiger partial charge < -0.3 is 28.7 Å². The molecule has 1 saturated heterocycles. The molecule has 1 aliphatic heterocycles. The Morgan fingerprint density at radius 1 is 1.13 bits per heavy atom. The molecule has 3 heterocycles. The summed E-state index contributed by atoms with van der Waals surface area (Å²) < 4.78 is 59.9. The number of ether oxygens (including phenoxy) is 2. The van der Waals surface area contributed by atoms with Gasteiger partial charge in [-0.05, 0) is 20.9 Å². The van der Waals surface area contributed by atoms with Gasteiger partial charge in [0.2, 0.25) is 0 Å². The Labute approximate surface area is 305 Å². The van der Waals surface area contributed by atoms with Gasteiger partial charge in [0.1, 0.15) is 31.0 Å². The lowest BCUT2D eigenvalue weighted by Gasteiger charge is -2.43. The number of azide groups is 1. The summed E-state index contributed by atoms with van der Waals surface area (Å²) in [6.45, 7) is 5.88.